The van der Waals surface area contributed by atoms with Crippen molar-refractivity contribution in [2.75, 3.05) is 13.7 Å². The Morgan fingerprint density at radius 2 is 1.91 bits per heavy atom. The van der Waals surface area contributed by atoms with Crippen LogP contribution in [0, 0.1) is 0 Å². The van der Waals surface area contributed by atoms with E-state index in [4.69, 9.17) is 9.47 Å². The van der Waals surface area contributed by atoms with Crippen molar-refractivity contribution in [3.05, 3.63) is 34.8 Å². The number of hydrogen-bond acceptors (Lipinski definition) is 3. The van der Waals surface area contributed by atoms with E-state index in [1.165, 1.54) is 50.5 Å². The van der Waals surface area contributed by atoms with Gasteiger partial charge in [-0.15, -0.1) is 0 Å². The molecule has 0 radical (unpaired) electrons. The molecule has 0 aromatic heterocycles. The van der Waals surface area contributed by atoms with Gasteiger partial charge in [0.15, 0.2) is 11.5 Å². The summed E-state index contributed by atoms with van der Waals surface area (Å²) >= 11 is 3.59. The second kappa shape index (κ2) is 9.99. The summed E-state index contributed by atoms with van der Waals surface area (Å²) < 4.78 is 12.1. The Morgan fingerprint density at radius 3 is 2.57 bits per heavy atom. The largest absolute Gasteiger partial charge is 0.493 e. The van der Waals surface area contributed by atoms with Gasteiger partial charge >= 0.3 is 0 Å². The predicted molar refractivity (Wildman–Crippen MR) is 99.3 cm³/mol. The van der Waals surface area contributed by atoms with Gasteiger partial charge in [0.2, 0.25) is 0 Å². The average Bonchev–Trinajstić information content (AvgIpc) is 2.52. The SMILES string of the molecule is C=CCOc1c(Br)cc(CNC2CCCCCCC2)cc1OC. The summed E-state index contributed by atoms with van der Waals surface area (Å²) in [5, 5.41) is 3.71. The standard InChI is InChI=1S/C19H28BrNO2/c1-3-11-23-19-17(20)12-15(13-18(19)22-2)14-21-16-9-7-5-4-6-8-10-16/h3,12-13,16,21H,1,4-11,14H2,2H3. The van der Waals surface area contributed by atoms with E-state index in [2.05, 4.69) is 40.0 Å². The second-order valence-corrected chi connectivity index (χ2v) is 6.99. The van der Waals surface area contributed by atoms with Gasteiger partial charge in [0, 0.05) is 12.6 Å². The van der Waals surface area contributed by atoms with Crippen LogP contribution in [0.4, 0.5) is 0 Å². The highest BCUT2D eigenvalue weighted by atomic mass is 79.9. The number of hydrogen-bond donors (Lipinski definition) is 1. The molecule has 0 unspecified atom stereocenters. The third-order valence-corrected chi connectivity index (χ3v) is 4.92. The summed E-state index contributed by atoms with van der Waals surface area (Å²) in [5.74, 6) is 1.50. The first-order valence-corrected chi connectivity index (χ1v) is 9.37. The summed E-state index contributed by atoms with van der Waals surface area (Å²) in [4.78, 5) is 0. The van der Waals surface area contributed by atoms with E-state index in [0.717, 1.165) is 22.5 Å². The van der Waals surface area contributed by atoms with E-state index in [1.54, 1.807) is 13.2 Å². The zero-order chi connectivity index (χ0) is 16.5. The Balaban J connectivity index is 1.98. The molecule has 0 spiro atoms. The number of rotatable bonds is 7. The zero-order valence-corrected chi connectivity index (χ0v) is 15.7. The highest BCUT2D eigenvalue weighted by molar-refractivity contribution is 9.10. The van der Waals surface area contributed by atoms with Gasteiger partial charge in [-0.2, -0.15) is 0 Å². The minimum Gasteiger partial charge on any atom is -0.493 e. The minimum absolute atomic E-state index is 0.467. The van der Waals surface area contributed by atoms with Crippen LogP contribution in [-0.4, -0.2) is 19.8 Å². The maximum Gasteiger partial charge on any atom is 0.175 e. The van der Waals surface area contributed by atoms with Crippen molar-refractivity contribution in [1.29, 1.82) is 0 Å². The molecule has 1 fully saturated rings. The Labute approximate surface area is 148 Å². The fraction of sp³-hybridized carbons (Fsp3) is 0.579. The highest BCUT2D eigenvalue weighted by Crippen LogP contribution is 2.36. The van der Waals surface area contributed by atoms with E-state index < -0.39 is 0 Å². The molecule has 0 heterocycles. The molecule has 0 saturated heterocycles. The van der Waals surface area contributed by atoms with Crippen LogP contribution in [-0.2, 0) is 6.54 Å². The third-order valence-electron chi connectivity index (χ3n) is 4.33. The van der Waals surface area contributed by atoms with Crippen molar-refractivity contribution in [2.24, 2.45) is 0 Å². The molecule has 1 aliphatic carbocycles. The Bertz CT molecular complexity index is 496. The van der Waals surface area contributed by atoms with Crippen LogP contribution in [0.15, 0.2) is 29.3 Å². The van der Waals surface area contributed by atoms with Crippen LogP contribution in [0.2, 0.25) is 0 Å². The lowest BCUT2D eigenvalue weighted by molar-refractivity contribution is 0.324. The quantitative estimate of drug-likeness (QED) is 0.656. The smallest absolute Gasteiger partial charge is 0.175 e. The van der Waals surface area contributed by atoms with Gasteiger partial charge in [-0.3, -0.25) is 0 Å². The normalized spacial score (nSPS) is 16.4. The summed E-state index contributed by atoms with van der Waals surface area (Å²) in [6, 6.07) is 4.80. The van der Waals surface area contributed by atoms with Gasteiger partial charge in [-0.05, 0) is 46.5 Å². The number of ether oxygens (including phenoxy) is 2. The topological polar surface area (TPSA) is 30.5 Å². The molecule has 4 heteroatoms. The molecular formula is C19H28BrNO2. The molecule has 2 rings (SSSR count). The molecule has 0 aliphatic heterocycles. The first-order valence-electron chi connectivity index (χ1n) is 8.58. The van der Waals surface area contributed by atoms with Crippen LogP contribution in [0.1, 0.15) is 50.5 Å². The van der Waals surface area contributed by atoms with Crippen LogP contribution >= 0.6 is 15.9 Å². The highest BCUT2D eigenvalue weighted by Gasteiger charge is 2.14. The summed E-state index contributed by atoms with van der Waals surface area (Å²) in [6.07, 6.45) is 11.2. The van der Waals surface area contributed by atoms with Crippen LogP contribution in [0.25, 0.3) is 0 Å². The van der Waals surface area contributed by atoms with Gasteiger partial charge in [0.05, 0.1) is 11.6 Å². The molecule has 1 aromatic carbocycles. The summed E-state index contributed by atoms with van der Waals surface area (Å²) in [6.45, 7) is 5.01. The molecule has 128 valence electrons. The number of methoxy groups -OCH3 is 1. The second-order valence-electron chi connectivity index (χ2n) is 6.13. The monoisotopic (exact) mass is 381 g/mol. The first kappa shape index (κ1) is 18.3. The molecule has 0 atom stereocenters. The van der Waals surface area contributed by atoms with Gasteiger partial charge in [-0.25, -0.2) is 0 Å². The van der Waals surface area contributed by atoms with Crippen molar-refractivity contribution in [1.82, 2.24) is 5.32 Å². The Kier molecular flexibility index (Phi) is 7.96. The van der Waals surface area contributed by atoms with Gasteiger partial charge < -0.3 is 14.8 Å². The fourth-order valence-corrected chi connectivity index (χ4v) is 3.68. The molecule has 3 nitrogen and oxygen atoms in total. The summed E-state index contributed by atoms with van der Waals surface area (Å²) in [5.41, 5.74) is 1.21. The van der Waals surface area contributed by atoms with E-state index in [1.807, 2.05) is 0 Å². The van der Waals surface area contributed by atoms with Crippen molar-refractivity contribution < 1.29 is 9.47 Å². The number of halogens is 1. The molecule has 1 aliphatic rings. The van der Waals surface area contributed by atoms with E-state index in [0.29, 0.717) is 12.6 Å². The van der Waals surface area contributed by atoms with Gasteiger partial charge in [0.25, 0.3) is 0 Å². The zero-order valence-electron chi connectivity index (χ0n) is 14.1. The van der Waals surface area contributed by atoms with Crippen LogP contribution < -0.4 is 14.8 Å². The summed E-state index contributed by atoms with van der Waals surface area (Å²) in [7, 11) is 1.68. The van der Waals surface area contributed by atoms with Crippen molar-refractivity contribution in [2.45, 2.75) is 57.5 Å². The van der Waals surface area contributed by atoms with E-state index >= 15 is 0 Å². The number of benzene rings is 1. The van der Waals surface area contributed by atoms with Gasteiger partial charge in [0.1, 0.15) is 6.61 Å². The molecule has 0 amide bonds. The van der Waals surface area contributed by atoms with Crippen LogP contribution in [0.3, 0.4) is 0 Å². The van der Waals surface area contributed by atoms with E-state index in [-0.39, 0.29) is 0 Å². The maximum absolute atomic E-state index is 5.68. The predicted octanol–water partition coefficient (Wildman–Crippen LogP) is 5.23. The molecule has 1 N–H and O–H groups in total. The third kappa shape index (κ3) is 5.85. The molecule has 23 heavy (non-hydrogen) atoms. The molecular weight excluding hydrogens is 354 g/mol. The lowest BCUT2D eigenvalue weighted by atomic mass is 9.96. The molecule has 1 saturated carbocycles. The Morgan fingerprint density at radius 1 is 1.22 bits per heavy atom. The Hall–Kier alpha value is -1.00. The molecule has 0 bridgehead atoms. The lowest BCUT2D eigenvalue weighted by Crippen LogP contribution is -2.29. The van der Waals surface area contributed by atoms with E-state index in [9.17, 15) is 0 Å². The molecule has 1 aromatic rings. The van der Waals surface area contributed by atoms with Crippen molar-refractivity contribution in [3.63, 3.8) is 0 Å². The maximum atomic E-state index is 5.68. The van der Waals surface area contributed by atoms with Crippen molar-refractivity contribution in [3.8, 4) is 11.5 Å². The lowest BCUT2D eigenvalue weighted by Gasteiger charge is -2.21. The average molecular weight is 382 g/mol. The van der Waals surface area contributed by atoms with Crippen molar-refractivity contribution >= 4 is 15.9 Å². The first-order chi connectivity index (χ1) is 11.2. The minimum atomic E-state index is 0.467. The van der Waals surface area contributed by atoms with Crippen LogP contribution in [0.5, 0.6) is 11.5 Å². The number of nitrogens with one attached hydrogen (secondary N) is 1. The van der Waals surface area contributed by atoms with Gasteiger partial charge in [-0.1, -0.05) is 44.8 Å². The fourth-order valence-electron chi connectivity index (χ4n) is 3.08.